The lowest BCUT2D eigenvalue weighted by molar-refractivity contribution is 0.340. The summed E-state index contributed by atoms with van der Waals surface area (Å²) in [6.07, 6.45) is 3.27. The molecule has 2 aromatic carbocycles. The highest BCUT2D eigenvalue weighted by Gasteiger charge is 2.14. The molecule has 5 aromatic rings. The first kappa shape index (κ1) is 20.9. The molecule has 0 unspecified atom stereocenters. The third-order valence-electron chi connectivity index (χ3n) is 5.02. The number of ether oxygens (including phenoxy) is 1. The van der Waals surface area contributed by atoms with Gasteiger partial charge in [-0.05, 0) is 55.5 Å². The second-order valence-electron chi connectivity index (χ2n) is 7.19. The standard InChI is InChI=1S/C23H17ClFN5O3/c1-2-32-16-6-3-14(4-7-16)19-12-20-23(31)29(9-10-30(20)27-19)13-21-26-22(28-33-21)15-5-8-17(24)18(25)11-15/h3-12H,2,13H2,1H3. The topological polar surface area (TPSA) is 87.5 Å². The summed E-state index contributed by atoms with van der Waals surface area (Å²) in [6.45, 7) is 2.57. The van der Waals surface area contributed by atoms with Gasteiger partial charge < -0.3 is 13.8 Å². The number of hydrogen-bond acceptors (Lipinski definition) is 6. The summed E-state index contributed by atoms with van der Waals surface area (Å²) in [7, 11) is 0. The van der Waals surface area contributed by atoms with Crippen LogP contribution in [0.25, 0.3) is 28.2 Å². The van der Waals surface area contributed by atoms with Gasteiger partial charge in [0.05, 0.1) is 17.3 Å². The van der Waals surface area contributed by atoms with Gasteiger partial charge in [0, 0.05) is 23.5 Å². The Hall–Kier alpha value is -3.98. The van der Waals surface area contributed by atoms with Crippen molar-refractivity contribution in [2.75, 3.05) is 6.61 Å². The van der Waals surface area contributed by atoms with Crippen molar-refractivity contribution in [2.45, 2.75) is 13.5 Å². The van der Waals surface area contributed by atoms with Crippen molar-refractivity contribution in [1.82, 2.24) is 24.3 Å². The lowest BCUT2D eigenvalue weighted by atomic mass is 10.1. The van der Waals surface area contributed by atoms with Gasteiger partial charge in [-0.2, -0.15) is 10.1 Å². The van der Waals surface area contributed by atoms with E-state index in [0.717, 1.165) is 11.3 Å². The predicted molar refractivity (Wildman–Crippen MR) is 120 cm³/mol. The van der Waals surface area contributed by atoms with E-state index in [1.165, 1.54) is 21.2 Å². The van der Waals surface area contributed by atoms with Crippen LogP contribution in [0.15, 0.2) is 70.2 Å². The molecule has 0 spiro atoms. The second-order valence-corrected chi connectivity index (χ2v) is 7.60. The fraction of sp³-hybridized carbons (Fsp3) is 0.130. The minimum absolute atomic E-state index is 0.00716. The van der Waals surface area contributed by atoms with Gasteiger partial charge in [0.15, 0.2) is 0 Å². The van der Waals surface area contributed by atoms with Gasteiger partial charge >= 0.3 is 0 Å². The molecule has 0 bridgehead atoms. The first-order valence-corrected chi connectivity index (χ1v) is 10.5. The van der Waals surface area contributed by atoms with Crippen LogP contribution in [-0.2, 0) is 6.54 Å². The minimum Gasteiger partial charge on any atom is -0.494 e. The normalized spacial score (nSPS) is 11.2. The average molecular weight is 466 g/mol. The Balaban J connectivity index is 1.41. The zero-order valence-corrected chi connectivity index (χ0v) is 18.2. The first-order valence-electron chi connectivity index (χ1n) is 10.1. The summed E-state index contributed by atoms with van der Waals surface area (Å²) < 4.78 is 27.4. The van der Waals surface area contributed by atoms with Crippen molar-refractivity contribution in [3.63, 3.8) is 0 Å². The molecular weight excluding hydrogens is 449 g/mol. The smallest absolute Gasteiger partial charge is 0.277 e. The van der Waals surface area contributed by atoms with Gasteiger partial charge in [-0.1, -0.05) is 16.8 Å². The van der Waals surface area contributed by atoms with Crippen molar-refractivity contribution in [3.8, 4) is 28.4 Å². The lowest BCUT2D eigenvalue weighted by Crippen LogP contribution is -2.21. The number of nitrogens with zero attached hydrogens (tertiary/aromatic N) is 5. The largest absolute Gasteiger partial charge is 0.494 e. The number of hydrogen-bond donors (Lipinski definition) is 0. The van der Waals surface area contributed by atoms with E-state index in [4.69, 9.17) is 20.9 Å². The quantitative estimate of drug-likeness (QED) is 0.368. The van der Waals surface area contributed by atoms with Crippen molar-refractivity contribution in [2.24, 2.45) is 0 Å². The molecule has 8 nitrogen and oxygen atoms in total. The number of aromatic nitrogens is 5. The van der Waals surface area contributed by atoms with Gasteiger partial charge in [-0.15, -0.1) is 0 Å². The predicted octanol–water partition coefficient (Wildman–Crippen LogP) is 4.45. The summed E-state index contributed by atoms with van der Waals surface area (Å²) in [4.78, 5) is 17.3. The van der Waals surface area contributed by atoms with Crippen LogP contribution in [0, 0.1) is 5.82 Å². The Morgan fingerprint density at radius 1 is 1.09 bits per heavy atom. The molecule has 0 aliphatic rings. The molecule has 0 fully saturated rings. The lowest BCUT2D eigenvalue weighted by Gasteiger charge is -2.02. The van der Waals surface area contributed by atoms with E-state index in [2.05, 4.69) is 15.2 Å². The van der Waals surface area contributed by atoms with E-state index >= 15 is 0 Å². The third-order valence-corrected chi connectivity index (χ3v) is 5.32. The van der Waals surface area contributed by atoms with E-state index in [1.54, 1.807) is 24.5 Å². The van der Waals surface area contributed by atoms with Crippen molar-refractivity contribution in [1.29, 1.82) is 0 Å². The Bertz CT molecular complexity index is 1510. The molecule has 3 heterocycles. The zero-order chi connectivity index (χ0) is 22.9. The Morgan fingerprint density at radius 3 is 2.64 bits per heavy atom. The summed E-state index contributed by atoms with van der Waals surface area (Å²) in [5.41, 5.74) is 2.09. The Labute approximate surface area is 191 Å². The van der Waals surface area contributed by atoms with Crippen LogP contribution in [0.1, 0.15) is 12.8 Å². The van der Waals surface area contributed by atoms with Crippen LogP contribution < -0.4 is 10.3 Å². The molecule has 0 N–H and O–H groups in total. The maximum atomic E-state index is 13.7. The molecule has 0 amide bonds. The number of halogens is 2. The highest BCUT2D eigenvalue weighted by atomic mass is 35.5. The molecule has 10 heteroatoms. The van der Waals surface area contributed by atoms with Crippen molar-refractivity contribution < 1.29 is 13.7 Å². The monoisotopic (exact) mass is 465 g/mol. The molecule has 166 valence electrons. The van der Waals surface area contributed by atoms with Crippen LogP contribution in [0.5, 0.6) is 5.75 Å². The van der Waals surface area contributed by atoms with Crippen LogP contribution in [0.3, 0.4) is 0 Å². The van der Waals surface area contributed by atoms with E-state index in [-0.39, 0.29) is 28.8 Å². The summed E-state index contributed by atoms with van der Waals surface area (Å²) in [5.74, 6) is 0.605. The maximum absolute atomic E-state index is 13.7. The van der Waals surface area contributed by atoms with E-state index in [1.807, 2.05) is 31.2 Å². The number of benzene rings is 2. The fourth-order valence-corrected chi connectivity index (χ4v) is 3.52. The SMILES string of the molecule is CCOc1ccc(-c2cc3c(=O)n(Cc4nc(-c5ccc(Cl)c(F)c5)no4)ccn3n2)cc1. The van der Waals surface area contributed by atoms with E-state index in [9.17, 15) is 9.18 Å². The summed E-state index contributed by atoms with van der Waals surface area (Å²) >= 11 is 5.72. The molecule has 3 aromatic heterocycles. The first-order chi connectivity index (χ1) is 16.0. The molecule has 0 aliphatic heterocycles. The average Bonchev–Trinajstić information content (AvgIpc) is 3.46. The van der Waals surface area contributed by atoms with E-state index in [0.29, 0.717) is 23.4 Å². The van der Waals surface area contributed by atoms with E-state index < -0.39 is 5.82 Å². The molecule has 0 saturated heterocycles. The summed E-state index contributed by atoms with van der Waals surface area (Å²) in [5, 5.41) is 8.37. The van der Waals surface area contributed by atoms with Gasteiger partial charge in [-0.3, -0.25) is 4.79 Å². The van der Waals surface area contributed by atoms with Gasteiger partial charge in [0.25, 0.3) is 5.56 Å². The molecular formula is C23H17ClFN5O3. The molecule has 33 heavy (non-hydrogen) atoms. The number of rotatable bonds is 6. The molecule has 0 aliphatic carbocycles. The molecule has 0 atom stereocenters. The van der Waals surface area contributed by atoms with Crippen LogP contribution in [0.2, 0.25) is 5.02 Å². The third kappa shape index (κ3) is 4.10. The highest BCUT2D eigenvalue weighted by molar-refractivity contribution is 6.30. The van der Waals surface area contributed by atoms with Crippen LogP contribution >= 0.6 is 11.6 Å². The fourth-order valence-electron chi connectivity index (χ4n) is 3.40. The molecule has 0 saturated carbocycles. The second kappa shape index (κ2) is 8.51. The number of fused-ring (bicyclic) bond motifs is 1. The zero-order valence-electron chi connectivity index (χ0n) is 17.4. The minimum atomic E-state index is -0.578. The maximum Gasteiger partial charge on any atom is 0.277 e. The highest BCUT2D eigenvalue weighted by Crippen LogP contribution is 2.23. The summed E-state index contributed by atoms with van der Waals surface area (Å²) in [6, 6.07) is 13.5. The van der Waals surface area contributed by atoms with Crippen LogP contribution in [0.4, 0.5) is 4.39 Å². The van der Waals surface area contributed by atoms with Crippen LogP contribution in [-0.4, -0.2) is 30.9 Å². The molecule has 0 radical (unpaired) electrons. The van der Waals surface area contributed by atoms with Crippen molar-refractivity contribution in [3.05, 3.63) is 88.0 Å². The van der Waals surface area contributed by atoms with Gasteiger partial charge in [0.2, 0.25) is 11.7 Å². The van der Waals surface area contributed by atoms with Gasteiger partial charge in [0.1, 0.15) is 23.6 Å². The molecule has 5 rings (SSSR count). The Morgan fingerprint density at radius 2 is 1.88 bits per heavy atom. The van der Waals surface area contributed by atoms with Gasteiger partial charge in [-0.25, -0.2) is 8.91 Å². The van der Waals surface area contributed by atoms with Crippen molar-refractivity contribution >= 4 is 17.1 Å². The Kier molecular flexibility index (Phi) is 5.39.